The van der Waals surface area contributed by atoms with E-state index in [1.807, 2.05) is 0 Å². The molecule has 0 amide bonds. The molecule has 0 radical (unpaired) electrons. The van der Waals surface area contributed by atoms with E-state index in [2.05, 4.69) is 43.0 Å². The molecule has 2 atom stereocenters. The number of nitrogens with zero attached hydrogens (tertiary/aromatic N) is 1. The van der Waals surface area contributed by atoms with Crippen molar-refractivity contribution in [3.8, 4) is 0 Å². The summed E-state index contributed by atoms with van der Waals surface area (Å²) in [5.74, 6) is 0. The Morgan fingerprint density at radius 1 is 1.24 bits per heavy atom. The lowest BCUT2D eigenvalue weighted by atomic mass is 10.1. The van der Waals surface area contributed by atoms with Crippen LogP contribution in [0.1, 0.15) is 25.0 Å². The highest BCUT2D eigenvalue weighted by Crippen LogP contribution is 2.14. The van der Waals surface area contributed by atoms with Gasteiger partial charge in [0.2, 0.25) is 0 Å². The third-order valence-corrected chi connectivity index (χ3v) is 3.13. The van der Waals surface area contributed by atoms with E-state index < -0.39 is 0 Å². The Morgan fingerprint density at radius 2 is 1.88 bits per heavy atom. The minimum Gasteiger partial charge on any atom is -0.373 e. The van der Waals surface area contributed by atoms with Crippen molar-refractivity contribution in [3.63, 3.8) is 0 Å². The quantitative estimate of drug-likeness (QED) is 0.866. The van der Waals surface area contributed by atoms with Crippen LogP contribution in [0.15, 0.2) is 24.3 Å². The fraction of sp³-hybridized carbons (Fsp3) is 0.571. The van der Waals surface area contributed by atoms with Crippen LogP contribution < -0.4 is 5.73 Å². The summed E-state index contributed by atoms with van der Waals surface area (Å²) in [6.07, 6.45) is 0.660. The lowest BCUT2D eigenvalue weighted by Gasteiger charge is -2.35. The molecule has 17 heavy (non-hydrogen) atoms. The Labute approximate surface area is 104 Å². The molecule has 1 aromatic carbocycles. The van der Waals surface area contributed by atoms with E-state index >= 15 is 0 Å². The van der Waals surface area contributed by atoms with Gasteiger partial charge in [-0.05, 0) is 25.0 Å². The molecule has 1 aliphatic heterocycles. The molecule has 2 rings (SSSR count). The molecule has 1 fully saturated rings. The van der Waals surface area contributed by atoms with Crippen LogP contribution in [0.25, 0.3) is 0 Å². The summed E-state index contributed by atoms with van der Waals surface area (Å²) in [5.41, 5.74) is 8.21. The van der Waals surface area contributed by atoms with Crippen LogP contribution in [0.4, 0.5) is 0 Å². The van der Waals surface area contributed by atoms with Crippen molar-refractivity contribution in [2.24, 2.45) is 5.73 Å². The molecule has 3 heteroatoms. The van der Waals surface area contributed by atoms with Gasteiger partial charge in [0, 0.05) is 26.2 Å². The van der Waals surface area contributed by atoms with Crippen molar-refractivity contribution < 1.29 is 4.74 Å². The maximum atomic E-state index is 5.74. The number of nitrogens with two attached hydrogens (primary N) is 1. The average Bonchev–Trinajstić information content (AvgIpc) is 2.28. The predicted octanol–water partition coefficient (Wildman–Crippen LogP) is 1.75. The Hall–Kier alpha value is -0.900. The lowest BCUT2D eigenvalue weighted by Crippen LogP contribution is -2.44. The van der Waals surface area contributed by atoms with Gasteiger partial charge in [-0.3, -0.25) is 4.90 Å². The molecule has 2 unspecified atom stereocenters. The number of rotatable bonds is 3. The van der Waals surface area contributed by atoms with E-state index in [-0.39, 0.29) is 0 Å². The molecule has 3 nitrogen and oxygen atoms in total. The van der Waals surface area contributed by atoms with Gasteiger partial charge in [-0.2, -0.15) is 0 Å². The first-order valence-corrected chi connectivity index (χ1v) is 6.33. The maximum absolute atomic E-state index is 5.74. The molecule has 1 heterocycles. The molecule has 0 bridgehead atoms. The largest absolute Gasteiger partial charge is 0.373 e. The molecule has 1 saturated heterocycles. The van der Waals surface area contributed by atoms with Gasteiger partial charge < -0.3 is 10.5 Å². The van der Waals surface area contributed by atoms with Crippen molar-refractivity contribution >= 4 is 0 Å². The number of hydrogen-bond donors (Lipinski definition) is 1. The molecular formula is C14H22N2O. The van der Waals surface area contributed by atoms with Gasteiger partial charge in [0.05, 0.1) is 12.2 Å². The Morgan fingerprint density at radius 3 is 2.53 bits per heavy atom. The van der Waals surface area contributed by atoms with Gasteiger partial charge >= 0.3 is 0 Å². The number of morpholine rings is 1. The maximum Gasteiger partial charge on any atom is 0.0678 e. The fourth-order valence-electron chi connectivity index (χ4n) is 2.53. The topological polar surface area (TPSA) is 38.5 Å². The van der Waals surface area contributed by atoms with Crippen molar-refractivity contribution in [2.45, 2.75) is 39.1 Å². The standard InChI is InChI=1S/C14H22N2O/c1-11-8-16(9-12(2)17-11)10-14-5-3-4-13(6-14)7-15/h3-6,11-12H,7-10,15H2,1-2H3. The zero-order valence-electron chi connectivity index (χ0n) is 10.7. The smallest absolute Gasteiger partial charge is 0.0678 e. The first-order valence-electron chi connectivity index (χ1n) is 6.33. The van der Waals surface area contributed by atoms with Gasteiger partial charge in [-0.15, -0.1) is 0 Å². The van der Waals surface area contributed by atoms with Gasteiger partial charge in [0.15, 0.2) is 0 Å². The Kier molecular flexibility index (Phi) is 4.15. The average molecular weight is 234 g/mol. The summed E-state index contributed by atoms with van der Waals surface area (Å²) >= 11 is 0. The first-order chi connectivity index (χ1) is 8.17. The second kappa shape index (κ2) is 5.63. The minimum absolute atomic E-state index is 0.330. The van der Waals surface area contributed by atoms with Crippen LogP contribution in [0.2, 0.25) is 0 Å². The van der Waals surface area contributed by atoms with Crippen LogP contribution in [-0.4, -0.2) is 30.2 Å². The second-order valence-corrected chi connectivity index (χ2v) is 4.98. The summed E-state index contributed by atoms with van der Waals surface area (Å²) in [4.78, 5) is 2.45. The summed E-state index contributed by atoms with van der Waals surface area (Å²) in [5, 5.41) is 0. The second-order valence-electron chi connectivity index (χ2n) is 4.98. The summed E-state index contributed by atoms with van der Waals surface area (Å²) in [7, 11) is 0. The Balaban J connectivity index is 1.99. The molecular weight excluding hydrogens is 212 g/mol. The summed E-state index contributed by atoms with van der Waals surface area (Å²) < 4.78 is 5.74. The van der Waals surface area contributed by atoms with Gasteiger partial charge in [0.1, 0.15) is 0 Å². The van der Waals surface area contributed by atoms with Crippen LogP contribution >= 0.6 is 0 Å². The van der Waals surface area contributed by atoms with Crippen LogP contribution in [-0.2, 0) is 17.8 Å². The van der Waals surface area contributed by atoms with E-state index in [0.29, 0.717) is 18.8 Å². The van der Waals surface area contributed by atoms with Crippen molar-refractivity contribution in [3.05, 3.63) is 35.4 Å². The molecule has 1 aromatic rings. The molecule has 1 aliphatic rings. The minimum atomic E-state index is 0.330. The Bertz CT molecular complexity index is 357. The van der Waals surface area contributed by atoms with Crippen LogP contribution in [0.3, 0.4) is 0 Å². The zero-order valence-corrected chi connectivity index (χ0v) is 10.7. The molecule has 0 aliphatic carbocycles. The monoisotopic (exact) mass is 234 g/mol. The molecule has 0 saturated carbocycles. The highest BCUT2D eigenvalue weighted by molar-refractivity contribution is 5.23. The van der Waals surface area contributed by atoms with Crippen LogP contribution in [0.5, 0.6) is 0 Å². The molecule has 0 spiro atoms. The van der Waals surface area contributed by atoms with E-state index in [4.69, 9.17) is 10.5 Å². The highest BCUT2D eigenvalue weighted by Gasteiger charge is 2.21. The summed E-state index contributed by atoms with van der Waals surface area (Å²) in [6.45, 7) is 7.90. The third kappa shape index (κ3) is 3.53. The third-order valence-electron chi connectivity index (χ3n) is 3.13. The van der Waals surface area contributed by atoms with Crippen molar-refractivity contribution in [1.29, 1.82) is 0 Å². The van der Waals surface area contributed by atoms with Crippen molar-refractivity contribution in [2.75, 3.05) is 13.1 Å². The lowest BCUT2D eigenvalue weighted by molar-refractivity contribution is -0.0704. The molecule has 2 N–H and O–H groups in total. The van der Waals surface area contributed by atoms with Gasteiger partial charge in [-0.1, -0.05) is 24.3 Å². The summed E-state index contributed by atoms with van der Waals surface area (Å²) in [6, 6.07) is 8.54. The number of hydrogen-bond acceptors (Lipinski definition) is 3. The highest BCUT2D eigenvalue weighted by atomic mass is 16.5. The van der Waals surface area contributed by atoms with Crippen molar-refractivity contribution in [1.82, 2.24) is 4.90 Å². The molecule has 0 aromatic heterocycles. The van der Waals surface area contributed by atoms with E-state index in [1.165, 1.54) is 11.1 Å². The zero-order chi connectivity index (χ0) is 12.3. The van der Waals surface area contributed by atoms with E-state index in [0.717, 1.165) is 19.6 Å². The number of benzene rings is 1. The van der Waals surface area contributed by atoms with Crippen LogP contribution in [0, 0.1) is 0 Å². The van der Waals surface area contributed by atoms with Gasteiger partial charge in [0.25, 0.3) is 0 Å². The van der Waals surface area contributed by atoms with Gasteiger partial charge in [-0.25, -0.2) is 0 Å². The SMILES string of the molecule is CC1CN(Cc2cccc(CN)c2)CC(C)O1. The normalized spacial score (nSPS) is 26.1. The fourth-order valence-corrected chi connectivity index (χ4v) is 2.53. The first kappa shape index (κ1) is 12.6. The predicted molar refractivity (Wildman–Crippen MR) is 69.6 cm³/mol. The molecule has 94 valence electrons. The number of ether oxygens (including phenoxy) is 1. The van der Waals surface area contributed by atoms with E-state index in [1.54, 1.807) is 0 Å². The van der Waals surface area contributed by atoms with E-state index in [9.17, 15) is 0 Å².